The number of carbonyl (C=O) groups excluding carboxylic acids is 2. The summed E-state index contributed by atoms with van der Waals surface area (Å²) >= 11 is 0. The van der Waals surface area contributed by atoms with Crippen LogP contribution in [0.4, 0.5) is 10.1 Å². The minimum absolute atomic E-state index is 0.298. The zero-order valence-electron chi connectivity index (χ0n) is 17.7. The van der Waals surface area contributed by atoms with Crippen LogP contribution in [0, 0.1) is 12.7 Å². The monoisotopic (exact) mass is 441 g/mol. The van der Waals surface area contributed by atoms with Crippen molar-refractivity contribution in [1.82, 2.24) is 15.2 Å². The molecule has 2 amide bonds. The number of nitrogens with one attached hydrogen (secondary N) is 2. The van der Waals surface area contributed by atoms with Crippen molar-refractivity contribution < 1.29 is 14.0 Å². The van der Waals surface area contributed by atoms with Crippen molar-refractivity contribution in [3.63, 3.8) is 0 Å². The fourth-order valence-corrected chi connectivity index (χ4v) is 3.06. The van der Waals surface area contributed by atoms with E-state index in [1.54, 1.807) is 10.9 Å². The Hall–Kier alpha value is -4.59. The van der Waals surface area contributed by atoms with Crippen LogP contribution in [0.1, 0.15) is 11.1 Å². The maximum Gasteiger partial charge on any atom is 0.329 e. The van der Waals surface area contributed by atoms with Crippen LogP contribution >= 0.6 is 0 Å². The molecular weight excluding hydrogens is 421 g/mol. The minimum Gasteiger partial charge on any atom is -0.318 e. The highest BCUT2D eigenvalue weighted by Gasteiger charge is 2.14. The summed E-state index contributed by atoms with van der Waals surface area (Å²) in [5.74, 6) is -2.32. The van der Waals surface area contributed by atoms with Gasteiger partial charge in [-0.25, -0.2) is 14.5 Å². The molecule has 164 valence electrons. The lowest BCUT2D eigenvalue weighted by Crippen LogP contribution is -2.32. The molecule has 0 fully saturated rings. The average Bonchev–Trinajstić information content (AvgIpc) is 3.25. The van der Waals surface area contributed by atoms with E-state index >= 15 is 0 Å². The van der Waals surface area contributed by atoms with E-state index < -0.39 is 17.6 Å². The quantitative estimate of drug-likeness (QED) is 0.278. The molecule has 33 heavy (non-hydrogen) atoms. The summed E-state index contributed by atoms with van der Waals surface area (Å²) in [5.41, 5.74) is 6.71. The number of rotatable bonds is 5. The van der Waals surface area contributed by atoms with E-state index in [0.29, 0.717) is 16.9 Å². The second kappa shape index (κ2) is 9.69. The molecule has 4 rings (SSSR count). The Morgan fingerprint density at radius 3 is 2.33 bits per heavy atom. The Kier molecular flexibility index (Phi) is 6.36. The standard InChI is InChI=1S/C25H20FN5O2/c1-17-7-9-18(10-8-17)23-19(16-31(30-23)22-5-3-2-4-6-22)15-27-29-25(33)24(32)28-21-13-11-20(26)12-14-21/h2-16H,1H3,(H,28,32)(H,29,33)/b27-15+. The Bertz CT molecular complexity index is 1300. The second-order valence-corrected chi connectivity index (χ2v) is 7.24. The molecule has 0 saturated carbocycles. The number of hydrogen-bond donors (Lipinski definition) is 2. The van der Waals surface area contributed by atoms with Gasteiger partial charge in [0.15, 0.2) is 0 Å². The topological polar surface area (TPSA) is 88.4 Å². The molecule has 0 bridgehead atoms. The SMILES string of the molecule is Cc1ccc(-c2nn(-c3ccccc3)cc2/C=N/NC(=O)C(=O)Nc2ccc(F)cc2)cc1. The van der Waals surface area contributed by atoms with E-state index in [4.69, 9.17) is 0 Å². The largest absolute Gasteiger partial charge is 0.329 e. The van der Waals surface area contributed by atoms with Crippen molar-refractivity contribution in [1.29, 1.82) is 0 Å². The predicted molar refractivity (Wildman–Crippen MR) is 125 cm³/mol. The fourth-order valence-electron chi connectivity index (χ4n) is 3.06. The van der Waals surface area contributed by atoms with E-state index in [1.807, 2.05) is 61.5 Å². The minimum atomic E-state index is -0.956. The van der Waals surface area contributed by atoms with E-state index in [9.17, 15) is 14.0 Å². The van der Waals surface area contributed by atoms with Gasteiger partial charge in [-0.3, -0.25) is 9.59 Å². The maximum atomic E-state index is 13.0. The van der Waals surface area contributed by atoms with Gasteiger partial charge in [0.05, 0.1) is 11.9 Å². The molecule has 0 atom stereocenters. The molecule has 0 aliphatic heterocycles. The normalized spacial score (nSPS) is 10.8. The van der Waals surface area contributed by atoms with Gasteiger partial charge in [0.25, 0.3) is 0 Å². The predicted octanol–water partition coefficient (Wildman–Crippen LogP) is 4.08. The summed E-state index contributed by atoms with van der Waals surface area (Å²) in [6, 6.07) is 22.6. The summed E-state index contributed by atoms with van der Waals surface area (Å²) in [6.07, 6.45) is 3.23. The Labute approximate surface area is 189 Å². The second-order valence-electron chi connectivity index (χ2n) is 7.24. The van der Waals surface area contributed by atoms with Crippen molar-refractivity contribution in [2.45, 2.75) is 6.92 Å². The number of halogens is 1. The molecule has 8 heteroatoms. The zero-order valence-corrected chi connectivity index (χ0v) is 17.7. The highest BCUT2D eigenvalue weighted by molar-refractivity contribution is 6.39. The van der Waals surface area contributed by atoms with E-state index in [-0.39, 0.29) is 0 Å². The van der Waals surface area contributed by atoms with Crippen LogP contribution in [0.15, 0.2) is 90.2 Å². The van der Waals surface area contributed by atoms with Gasteiger partial charge in [0.2, 0.25) is 0 Å². The molecule has 0 aliphatic carbocycles. The number of aryl methyl sites for hydroxylation is 1. The summed E-state index contributed by atoms with van der Waals surface area (Å²) in [5, 5.41) is 11.0. The number of benzene rings is 3. The summed E-state index contributed by atoms with van der Waals surface area (Å²) < 4.78 is 14.7. The van der Waals surface area contributed by atoms with Crippen LogP contribution in [0.25, 0.3) is 16.9 Å². The third-order valence-corrected chi connectivity index (χ3v) is 4.77. The molecule has 1 heterocycles. The molecule has 2 N–H and O–H groups in total. The van der Waals surface area contributed by atoms with E-state index in [2.05, 4.69) is 20.9 Å². The van der Waals surface area contributed by atoms with Crippen molar-refractivity contribution >= 4 is 23.7 Å². The Morgan fingerprint density at radius 1 is 0.939 bits per heavy atom. The number of aromatic nitrogens is 2. The van der Waals surface area contributed by atoms with Crippen molar-refractivity contribution in [3.8, 4) is 16.9 Å². The number of nitrogens with zero attached hydrogens (tertiary/aromatic N) is 3. The lowest BCUT2D eigenvalue weighted by Gasteiger charge is -2.03. The van der Waals surface area contributed by atoms with Crippen molar-refractivity contribution in [3.05, 3.63) is 102 Å². The first-order valence-corrected chi connectivity index (χ1v) is 10.1. The number of anilines is 1. The molecular formula is C25H20FN5O2. The van der Waals surface area contributed by atoms with Gasteiger partial charge in [0.1, 0.15) is 11.5 Å². The number of amides is 2. The number of carbonyl (C=O) groups is 2. The first kappa shape index (κ1) is 21.6. The van der Waals surface area contributed by atoms with Gasteiger partial charge >= 0.3 is 11.8 Å². The van der Waals surface area contributed by atoms with Crippen LogP contribution in [0.2, 0.25) is 0 Å². The van der Waals surface area contributed by atoms with Gasteiger partial charge in [0, 0.05) is 23.0 Å². The summed E-state index contributed by atoms with van der Waals surface area (Å²) in [7, 11) is 0. The lowest BCUT2D eigenvalue weighted by atomic mass is 10.1. The van der Waals surface area contributed by atoms with Crippen LogP contribution in [0.5, 0.6) is 0 Å². The third-order valence-electron chi connectivity index (χ3n) is 4.77. The molecule has 0 aliphatic rings. The number of para-hydroxylation sites is 1. The van der Waals surface area contributed by atoms with E-state index in [1.165, 1.54) is 30.5 Å². The maximum absolute atomic E-state index is 13.0. The molecule has 0 saturated heterocycles. The van der Waals surface area contributed by atoms with Gasteiger partial charge < -0.3 is 5.32 Å². The van der Waals surface area contributed by atoms with Gasteiger partial charge in [-0.1, -0.05) is 48.0 Å². The summed E-state index contributed by atoms with van der Waals surface area (Å²) in [4.78, 5) is 24.1. The first-order chi connectivity index (χ1) is 16.0. The fraction of sp³-hybridized carbons (Fsp3) is 0.0400. The molecule has 0 unspecified atom stereocenters. The first-order valence-electron chi connectivity index (χ1n) is 10.1. The van der Waals surface area contributed by atoms with Gasteiger partial charge in [-0.15, -0.1) is 0 Å². The Morgan fingerprint density at radius 2 is 1.64 bits per heavy atom. The molecule has 0 spiro atoms. The highest BCUT2D eigenvalue weighted by Crippen LogP contribution is 2.23. The molecule has 0 radical (unpaired) electrons. The molecule has 3 aromatic carbocycles. The van der Waals surface area contributed by atoms with Crippen molar-refractivity contribution in [2.75, 3.05) is 5.32 Å². The van der Waals surface area contributed by atoms with Crippen LogP contribution in [-0.2, 0) is 9.59 Å². The average molecular weight is 441 g/mol. The van der Waals surface area contributed by atoms with Gasteiger partial charge in [-0.2, -0.15) is 10.2 Å². The van der Waals surface area contributed by atoms with Crippen LogP contribution in [0.3, 0.4) is 0 Å². The van der Waals surface area contributed by atoms with Crippen LogP contribution < -0.4 is 10.7 Å². The molecule has 1 aromatic heterocycles. The van der Waals surface area contributed by atoms with E-state index in [0.717, 1.165) is 16.8 Å². The summed E-state index contributed by atoms with van der Waals surface area (Å²) in [6.45, 7) is 2.00. The number of hydrazone groups is 1. The van der Waals surface area contributed by atoms with Crippen molar-refractivity contribution in [2.24, 2.45) is 5.10 Å². The zero-order chi connectivity index (χ0) is 23.2. The highest BCUT2D eigenvalue weighted by atomic mass is 19.1. The van der Waals surface area contributed by atoms with Gasteiger partial charge in [-0.05, 0) is 43.3 Å². The molecule has 7 nitrogen and oxygen atoms in total. The number of hydrogen-bond acceptors (Lipinski definition) is 4. The smallest absolute Gasteiger partial charge is 0.318 e. The van der Waals surface area contributed by atoms with Crippen LogP contribution in [-0.4, -0.2) is 27.8 Å². The lowest BCUT2D eigenvalue weighted by molar-refractivity contribution is -0.136. The molecule has 4 aromatic rings. The third kappa shape index (κ3) is 5.37. The Balaban J connectivity index is 1.52.